The van der Waals surface area contributed by atoms with Crippen molar-refractivity contribution in [2.75, 3.05) is 32.0 Å². The van der Waals surface area contributed by atoms with Crippen LogP contribution in [0.15, 0.2) is 53.4 Å². The van der Waals surface area contributed by atoms with Crippen LogP contribution in [0.1, 0.15) is 30.4 Å². The second kappa shape index (κ2) is 10.4. The topological polar surface area (TPSA) is 86.8 Å². The van der Waals surface area contributed by atoms with Crippen molar-refractivity contribution in [2.24, 2.45) is 0 Å². The summed E-state index contributed by atoms with van der Waals surface area (Å²) in [6, 6.07) is 13.3. The normalized spacial score (nSPS) is 14.4. The Morgan fingerprint density at radius 1 is 1.09 bits per heavy atom. The lowest BCUT2D eigenvalue weighted by molar-refractivity contribution is -0.132. The summed E-state index contributed by atoms with van der Waals surface area (Å²) in [6.07, 6.45) is 8.24. The SMILES string of the molecule is C#Cc1cccc(NC(=O)CN(C)C(=O)Cc2ccc(S(=O)(=O)N3CCCCC3)cc2)c1. The van der Waals surface area contributed by atoms with Crippen LogP contribution >= 0.6 is 0 Å². The first-order valence-corrected chi connectivity index (χ1v) is 11.9. The molecule has 168 valence electrons. The molecule has 0 bridgehead atoms. The Bertz CT molecular complexity index is 1110. The van der Waals surface area contributed by atoms with E-state index in [9.17, 15) is 18.0 Å². The molecule has 1 aliphatic rings. The van der Waals surface area contributed by atoms with Gasteiger partial charge >= 0.3 is 0 Å². The number of nitrogens with zero attached hydrogens (tertiary/aromatic N) is 2. The molecule has 1 aliphatic heterocycles. The van der Waals surface area contributed by atoms with E-state index in [1.807, 2.05) is 0 Å². The van der Waals surface area contributed by atoms with E-state index in [4.69, 9.17) is 6.42 Å². The minimum Gasteiger partial charge on any atom is -0.336 e. The molecule has 0 aliphatic carbocycles. The van der Waals surface area contributed by atoms with Gasteiger partial charge < -0.3 is 10.2 Å². The molecule has 8 heteroatoms. The fourth-order valence-corrected chi connectivity index (χ4v) is 5.05. The van der Waals surface area contributed by atoms with Gasteiger partial charge in [0.15, 0.2) is 0 Å². The molecule has 1 fully saturated rings. The van der Waals surface area contributed by atoms with Gasteiger partial charge in [-0.05, 0) is 48.7 Å². The molecule has 0 aromatic heterocycles. The third-order valence-corrected chi connectivity index (χ3v) is 7.26. The second-order valence-corrected chi connectivity index (χ2v) is 9.75. The van der Waals surface area contributed by atoms with Crippen LogP contribution in [0.2, 0.25) is 0 Å². The number of piperidine rings is 1. The van der Waals surface area contributed by atoms with Crippen LogP contribution in [-0.4, -0.2) is 56.1 Å². The molecule has 1 saturated heterocycles. The van der Waals surface area contributed by atoms with E-state index >= 15 is 0 Å². The van der Waals surface area contributed by atoms with Crippen molar-refractivity contribution in [1.29, 1.82) is 0 Å². The zero-order valence-electron chi connectivity index (χ0n) is 18.1. The van der Waals surface area contributed by atoms with E-state index in [2.05, 4.69) is 11.2 Å². The molecule has 1 heterocycles. The van der Waals surface area contributed by atoms with Crippen LogP contribution in [0.3, 0.4) is 0 Å². The van der Waals surface area contributed by atoms with Gasteiger partial charge in [0, 0.05) is 31.4 Å². The Balaban J connectivity index is 1.55. The molecule has 2 aromatic carbocycles. The van der Waals surface area contributed by atoms with Crippen molar-refractivity contribution in [2.45, 2.75) is 30.6 Å². The van der Waals surface area contributed by atoms with Gasteiger partial charge in [0.05, 0.1) is 17.9 Å². The molecule has 0 radical (unpaired) electrons. The van der Waals surface area contributed by atoms with E-state index in [1.54, 1.807) is 43.4 Å². The zero-order valence-corrected chi connectivity index (χ0v) is 18.9. The van der Waals surface area contributed by atoms with Gasteiger partial charge in [0.2, 0.25) is 21.8 Å². The maximum absolute atomic E-state index is 12.7. The quantitative estimate of drug-likeness (QED) is 0.653. The van der Waals surface area contributed by atoms with Crippen molar-refractivity contribution in [3.05, 3.63) is 59.7 Å². The molecule has 2 amide bonds. The Labute approximate surface area is 189 Å². The lowest BCUT2D eigenvalue weighted by Crippen LogP contribution is -2.36. The lowest BCUT2D eigenvalue weighted by Gasteiger charge is -2.25. The van der Waals surface area contributed by atoms with Crippen molar-refractivity contribution in [3.63, 3.8) is 0 Å². The number of carbonyl (C=O) groups excluding carboxylic acids is 2. The highest BCUT2D eigenvalue weighted by Crippen LogP contribution is 2.21. The Kier molecular flexibility index (Phi) is 7.67. The number of hydrogen-bond donors (Lipinski definition) is 1. The highest BCUT2D eigenvalue weighted by Gasteiger charge is 2.25. The average Bonchev–Trinajstić information content (AvgIpc) is 2.80. The molecule has 1 N–H and O–H groups in total. The number of carbonyl (C=O) groups is 2. The smallest absolute Gasteiger partial charge is 0.243 e. The molecular formula is C24H27N3O4S. The number of rotatable bonds is 7. The highest BCUT2D eigenvalue weighted by atomic mass is 32.2. The van der Waals surface area contributed by atoms with Gasteiger partial charge in [0.1, 0.15) is 0 Å². The molecule has 0 atom stereocenters. The first-order valence-electron chi connectivity index (χ1n) is 10.5. The largest absolute Gasteiger partial charge is 0.336 e. The standard InChI is InChI=1S/C24H27N3O4S/c1-3-19-8-7-9-21(16-19)25-23(28)18-26(2)24(29)17-20-10-12-22(13-11-20)32(30,31)27-14-5-4-6-15-27/h1,7-13,16H,4-6,14-15,17-18H2,2H3,(H,25,28). The summed E-state index contributed by atoms with van der Waals surface area (Å²) in [5.74, 6) is 1.92. The maximum atomic E-state index is 12.7. The first kappa shape index (κ1) is 23.5. The minimum atomic E-state index is -3.50. The van der Waals surface area contributed by atoms with Gasteiger partial charge in [0.25, 0.3) is 0 Å². The third-order valence-electron chi connectivity index (χ3n) is 5.35. The van der Waals surface area contributed by atoms with Gasteiger partial charge in [-0.15, -0.1) is 6.42 Å². The molecule has 0 saturated carbocycles. The van der Waals surface area contributed by atoms with Crippen molar-refractivity contribution >= 4 is 27.5 Å². The van der Waals surface area contributed by atoms with E-state index in [0.717, 1.165) is 19.3 Å². The van der Waals surface area contributed by atoms with Gasteiger partial charge in [-0.3, -0.25) is 9.59 Å². The van der Waals surface area contributed by atoms with Crippen molar-refractivity contribution in [3.8, 4) is 12.3 Å². The maximum Gasteiger partial charge on any atom is 0.243 e. The van der Waals surface area contributed by atoms with Crippen LogP contribution in [0.5, 0.6) is 0 Å². The van der Waals surface area contributed by atoms with E-state index in [1.165, 1.54) is 21.3 Å². The van der Waals surface area contributed by atoms with E-state index < -0.39 is 10.0 Å². The number of anilines is 1. The molecule has 0 unspecified atom stereocenters. The van der Waals surface area contributed by atoms with Crippen LogP contribution in [0, 0.1) is 12.3 Å². The number of terminal acetylenes is 1. The molecule has 32 heavy (non-hydrogen) atoms. The fraction of sp³-hybridized carbons (Fsp3) is 0.333. The number of likely N-dealkylation sites (N-methyl/N-ethyl adjacent to an activating group) is 1. The van der Waals surface area contributed by atoms with Gasteiger partial charge in [-0.1, -0.05) is 30.5 Å². The summed E-state index contributed by atoms with van der Waals surface area (Å²) in [7, 11) is -1.95. The minimum absolute atomic E-state index is 0.0698. The summed E-state index contributed by atoms with van der Waals surface area (Å²) in [5.41, 5.74) is 1.90. The summed E-state index contributed by atoms with van der Waals surface area (Å²) >= 11 is 0. The first-order chi connectivity index (χ1) is 15.3. The monoisotopic (exact) mass is 453 g/mol. The third kappa shape index (κ3) is 5.96. The Morgan fingerprint density at radius 3 is 2.44 bits per heavy atom. The number of benzene rings is 2. The predicted molar refractivity (Wildman–Crippen MR) is 123 cm³/mol. The van der Waals surface area contributed by atoms with Crippen LogP contribution in [-0.2, 0) is 26.0 Å². The summed E-state index contributed by atoms with van der Waals surface area (Å²) in [6.45, 7) is 0.978. The van der Waals surface area contributed by atoms with E-state index in [0.29, 0.717) is 29.9 Å². The van der Waals surface area contributed by atoms with Crippen LogP contribution in [0.25, 0.3) is 0 Å². The van der Waals surface area contributed by atoms with Gasteiger partial charge in [-0.25, -0.2) is 8.42 Å². The Hall–Kier alpha value is -3.15. The predicted octanol–water partition coefficient (Wildman–Crippen LogP) is 2.48. The van der Waals surface area contributed by atoms with Crippen LogP contribution < -0.4 is 5.32 Å². The molecule has 3 rings (SSSR count). The molecule has 0 spiro atoms. The summed E-state index contributed by atoms with van der Waals surface area (Å²) < 4.78 is 27.0. The number of amides is 2. The summed E-state index contributed by atoms with van der Waals surface area (Å²) in [5, 5.41) is 2.72. The molecular weight excluding hydrogens is 426 g/mol. The van der Waals surface area contributed by atoms with Crippen LogP contribution in [0.4, 0.5) is 5.69 Å². The fourth-order valence-electron chi connectivity index (χ4n) is 3.53. The lowest BCUT2D eigenvalue weighted by atomic mass is 10.1. The number of nitrogens with one attached hydrogen (secondary N) is 1. The molecule has 7 nitrogen and oxygen atoms in total. The number of hydrogen-bond acceptors (Lipinski definition) is 4. The van der Waals surface area contributed by atoms with Crippen molar-refractivity contribution < 1.29 is 18.0 Å². The highest BCUT2D eigenvalue weighted by molar-refractivity contribution is 7.89. The Morgan fingerprint density at radius 2 is 1.78 bits per heavy atom. The van der Waals surface area contributed by atoms with Crippen molar-refractivity contribution in [1.82, 2.24) is 9.21 Å². The number of sulfonamides is 1. The molecule has 2 aromatic rings. The second-order valence-electron chi connectivity index (χ2n) is 7.81. The van der Waals surface area contributed by atoms with E-state index in [-0.39, 0.29) is 29.7 Å². The summed E-state index contributed by atoms with van der Waals surface area (Å²) in [4.78, 5) is 26.3. The van der Waals surface area contributed by atoms with Gasteiger partial charge in [-0.2, -0.15) is 4.31 Å². The zero-order chi connectivity index (χ0) is 23.1. The average molecular weight is 454 g/mol.